The maximum absolute atomic E-state index is 5.56. The number of hydrogen-bond donors (Lipinski definition) is 1. The average molecular weight is 456 g/mol. The number of ether oxygens (including phenoxy) is 2. The number of nitrogens with one attached hydrogen (secondary N) is 1. The minimum absolute atomic E-state index is 0. The zero-order chi connectivity index (χ0) is 16.2. The van der Waals surface area contributed by atoms with E-state index in [1.54, 1.807) is 14.2 Å². The summed E-state index contributed by atoms with van der Waals surface area (Å²) in [7, 11) is 3.40. The fourth-order valence-corrected chi connectivity index (χ4v) is 4.64. The molecule has 3 rings (SSSR count). The molecule has 1 N–H and O–H groups in total. The van der Waals surface area contributed by atoms with Crippen LogP contribution in [0, 0.1) is 5.92 Å². The van der Waals surface area contributed by atoms with Crippen LogP contribution in [-0.2, 0) is 0 Å². The van der Waals surface area contributed by atoms with E-state index in [-0.39, 0.29) is 24.8 Å². The van der Waals surface area contributed by atoms with E-state index in [0.717, 1.165) is 48.1 Å². The van der Waals surface area contributed by atoms with Crippen molar-refractivity contribution in [3.05, 3.63) is 22.2 Å². The van der Waals surface area contributed by atoms with E-state index in [2.05, 4.69) is 38.3 Å². The lowest BCUT2D eigenvalue weighted by Gasteiger charge is -2.39. The average Bonchev–Trinajstić information content (AvgIpc) is 3.11. The summed E-state index contributed by atoms with van der Waals surface area (Å²) in [5.74, 6) is 2.35. The zero-order valence-electron chi connectivity index (χ0n) is 14.9. The van der Waals surface area contributed by atoms with E-state index < -0.39 is 0 Å². The van der Waals surface area contributed by atoms with Crippen LogP contribution in [0.25, 0.3) is 0 Å². The second-order valence-electron chi connectivity index (χ2n) is 6.50. The third kappa shape index (κ3) is 5.16. The van der Waals surface area contributed by atoms with Crippen LogP contribution in [0.5, 0.6) is 11.5 Å². The van der Waals surface area contributed by atoms with Gasteiger partial charge in [-0.3, -0.25) is 4.90 Å². The summed E-state index contributed by atoms with van der Waals surface area (Å²) in [5, 5.41) is 3.47. The predicted octanol–water partition coefficient (Wildman–Crippen LogP) is 4.45. The number of hydrogen-bond acceptors (Lipinski definition) is 4. The third-order valence-electron chi connectivity index (χ3n) is 5.21. The Labute approximate surface area is 172 Å². The van der Waals surface area contributed by atoms with Crippen molar-refractivity contribution < 1.29 is 9.47 Å². The van der Waals surface area contributed by atoms with Gasteiger partial charge < -0.3 is 14.8 Å². The van der Waals surface area contributed by atoms with E-state index >= 15 is 0 Å². The van der Waals surface area contributed by atoms with Crippen molar-refractivity contribution in [2.24, 2.45) is 5.92 Å². The maximum Gasteiger partial charge on any atom is 0.161 e. The fourth-order valence-electron chi connectivity index (χ4n) is 4.08. The van der Waals surface area contributed by atoms with E-state index in [4.69, 9.17) is 9.47 Å². The van der Waals surface area contributed by atoms with Crippen molar-refractivity contribution in [1.29, 1.82) is 0 Å². The van der Waals surface area contributed by atoms with Gasteiger partial charge in [0.15, 0.2) is 11.5 Å². The largest absolute Gasteiger partial charge is 0.493 e. The molecule has 144 valence electrons. The SMILES string of the molecule is COc1cc(Br)c([C@@H](C2CCCC2)N2CCNCC2)cc1OC.Cl.Cl. The van der Waals surface area contributed by atoms with Gasteiger partial charge in [-0.25, -0.2) is 0 Å². The van der Waals surface area contributed by atoms with E-state index in [9.17, 15) is 0 Å². The molecule has 4 nitrogen and oxygen atoms in total. The highest BCUT2D eigenvalue weighted by Gasteiger charge is 2.33. The van der Waals surface area contributed by atoms with Crippen molar-refractivity contribution in [1.82, 2.24) is 10.2 Å². The van der Waals surface area contributed by atoms with Gasteiger partial charge in [0, 0.05) is 36.7 Å². The van der Waals surface area contributed by atoms with Gasteiger partial charge in [-0.15, -0.1) is 24.8 Å². The third-order valence-corrected chi connectivity index (χ3v) is 5.90. The topological polar surface area (TPSA) is 33.7 Å². The molecule has 2 aliphatic rings. The summed E-state index contributed by atoms with van der Waals surface area (Å²) in [6, 6.07) is 4.69. The van der Waals surface area contributed by atoms with Crippen LogP contribution in [0.3, 0.4) is 0 Å². The van der Waals surface area contributed by atoms with Crippen LogP contribution in [0.15, 0.2) is 16.6 Å². The van der Waals surface area contributed by atoms with Gasteiger partial charge in [-0.05, 0) is 36.5 Å². The first kappa shape index (κ1) is 22.8. The molecule has 1 aromatic rings. The smallest absolute Gasteiger partial charge is 0.161 e. The molecule has 0 aromatic heterocycles. The summed E-state index contributed by atoms with van der Waals surface area (Å²) >= 11 is 3.79. The Hall–Kier alpha value is -0.200. The summed E-state index contributed by atoms with van der Waals surface area (Å²) in [4.78, 5) is 2.65. The quantitative estimate of drug-likeness (QED) is 0.711. The van der Waals surface area contributed by atoms with E-state index in [0.29, 0.717) is 6.04 Å². The molecule has 1 saturated heterocycles. The van der Waals surface area contributed by atoms with Crippen LogP contribution in [0.4, 0.5) is 0 Å². The van der Waals surface area contributed by atoms with Gasteiger partial charge >= 0.3 is 0 Å². The lowest BCUT2D eigenvalue weighted by molar-refractivity contribution is 0.125. The van der Waals surface area contributed by atoms with Crippen LogP contribution in [-0.4, -0.2) is 45.3 Å². The van der Waals surface area contributed by atoms with Crippen molar-refractivity contribution >= 4 is 40.7 Å². The maximum atomic E-state index is 5.56. The second-order valence-corrected chi connectivity index (χ2v) is 7.36. The minimum Gasteiger partial charge on any atom is -0.493 e. The van der Waals surface area contributed by atoms with Crippen molar-refractivity contribution in [2.45, 2.75) is 31.7 Å². The lowest BCUT2D eigenvalue weighted by Crippen LogP contribution is -2.46. The van der Waals surface area contributed by atoms with Crippen LogP contribution >= 0.6 is 40.7 Å². The Balaban J connectivity index is 0.00000156. The molecule has 1 aromatic carbocycles. The minimum atomic E-state index is 0. The highest BCUT2D eigenvalue weighted by Crippen LogP contribution is 2.45. The summed E-state index contributed by atoms with van der Waals surface area (Å²) in [6.45, 7) is 4.38. The van der Waals surface area contributed by atoms with Crippen molar-refractivity contribution in [3.63, 3.8) is 0 Å². The highest BCUT2D eigenvalue weighted by atomic mass is 79.9. The van der Waals surface area contributed by atoms with Gasteiger partial charge in [0.2, 0.25) is 0 Å². The first-order chi connectivity index (χ1) is 11.2. The van der Waals surface area contributed by atoms with Gasteiger partial charge in [0.25, 0.3) is 0 Å². The number of nitrogens with zero attached hydrogens (tertiary/aromatic N) is 1. The number of halogens is 3. The molecule has 7 heteroatoms. The molecule has 0 spiro atoms. The Bertz CT molecular complexity index is 536. The number of methoxy groups -OCH3 is 2. The van der Waals surface area contributed by atoms with Gasteiger partial charge in [-0.1, -0.05) is 28.8 Å². The molecule has 0 amide bonds. The normalized spacial score (nSPS) is 19.6. The van der Waals surface area contributed by atoms with Crippen molar-refractivity contribution in [3.8, 4) is 11.5 Å². The molecule has 1 atom stereocenters. The number of benzene rings is 1. The summed E-state index contributed by atoms with van der Waals surface area (Å²) in [5.41, 5.74) is 1.34. The van der Waals surface area contributed by atoms with Crippen molar-refractivity contribution in [2.75, 3.05) is 40.4 Å². The van der Waals surface area contributed by atoms with E-state index in [1.165, 1.54) is 31.2 Å². The zero-order valence-corrected chi connectivity index (χ0v) is 18.1. The monoisotopic (exact) mass is 454 g/mol. The molecular formula is C18H29BrCl2N2O2. The molecule has 1 saturated carbocycles. The van der Waals surface area contributed by atoms with Gasteiger partial charge in [0.1, 0.15) is 0 Å². The molecule has 0 unspecified atom stereocenters. The molecular weight excluding hydrogens is 427 g/mol. The second kappa shape index (κ2) is 10.8. The first-order valence-corrected chi connectivity index (χ1v) is 9.40. The summed E-state index contributed by atoms with van der Waals surface area (Å²) in [6.07, 6.45) is 5.38. The molecule has 1 aliphatic heterocycles. The van der Waals surface area contributed by atoms with Crippen LogP contribution in [0.2, 0.25) is 0 Å². The standard InChI is InChI=1S/C18H27BrN2O2.2ClH/c1-22-16-11-14(15(19)12-17(16)23-2)18(13-5-3-4-6-13)21-9-7-20-8-10-21;;/h11-13,18,20H,3-10H2,1-2H3;2*1H/t18-;;/m1../s1. The molecule has 1 heterocycles. The fraction of sp³-hybridized carbons (Fsp3) is 0.667. The molecule has 1 aliphatic carbocycles. The summed E-state index contributed by atoms with van der Waals surface area (Å²) < 4.78 is 12.1. The Morgan fingerprint density at radius 2 is 1.60 bits per heavy atom. The Morgan fingerprint density at radius 1 is 1.04 bits per heavy atom. The van der Waals surface area contributed by atoms with Gasteiger partial charge in [-0.2, -0.15) is 0 Å². The number of rotatable bonds is 5. The molecule has 0 radical (unpaired) electrons. The molecule has 25 heavy (non-hydrogen) atoms. The Morgan fingerprint density at radius 3 is 2.16 bits per heavy atom. The lowest BCUT2D eigenvalue weighted by atomic mass is 9.89. The van der Waals surface area contributed by atoms with Crippen LogP contribution < -0.4 is 14.8 Å². The Kier molecular flexibility index (Phi) is 9.89. The van der Waals surface area contributed by atoms with Crippen LogP contribution in [0.1, 0.15) is 37.3 Å². The predicted molar refractivity (Wildman–Crippen MR) is 111 cm³/mol. The number of piperazine rings is 1. The molecule has 2 fully saturated rings. The highest BCUT2D eigenvalue weighted by molar-refractivity contribution is 9.10. The van der Waals surface area contributed by atoms with E-state index in [1.807, 2.05) is 0 Å². The first-order valence-electron chi connectivity index (χ1n) is 8.60. The molecule has 0 bridgehead atoms. The van der Waals surface area contributed by atoms with Gasteiger partial charge in [0.05, 0.1) is 14.2 Å².